The first-order chi connectivity index (χ1) is 6.77. The van der Waals surface area contributed by atoms with E-state index in [1.807, 2.05) is 0 Å². The Morgan fingerprint density at radius 1 is 1.50 bits per heavy atom. The molecular formula is C9H10ClN3O. The Hall–Kier alpha value is -1.16. The molecule has 1 aromatic heterocycles. The van der Waals surface area contributed by atoms with Gasteiger partial charge in [0, 0.05) is 18.3 Å². The molecule has 0 saturated heterocycles. The molecule has 2 rings (SSSR count). The summed E-state index contributed by atoms with van der Waals surface area (Å²) in [6.07, 6.45) is 5.08. The molecule has 0 unspecified atom stereocenters. The van der Waals surface area contributed by atoms with E-state index in [1.54, 1.807) is 6.20 Å². The maximum absolute atomic E-state index is 11.3. The van der Waals surface area contributed by atoms with Crippen molar-refractivity contribution in [3.05, 3.63) is 23.2 Å². The molecule has 1 aliphatic carbocycles. The number of nitrogens with one attached hydrogen (secondary N) is 1. The zero-order valence-electron chi connectivity index (χ0n) is 7.53. The van der Waals surface area contributed by atoms with Crippen LogP contribution >= 0.6 is 11.6 Å². The van der Waals surface area contributed by atoms with Gasteiger partial charge in [0.2, 0.25) is 5.91 Å². The molecule has 1 saturated carbocycles. The fraction of sp³-hybridized carbons (Fsp3) is 0.444. The number of rotatable bonds is 3. The molecule has 1 aliphatic rings. The predicted molar refractivity (Wildman–Crippen MR) is 51.6 cm³/mol. The highest BCUT2D eigenvalue weighted by Crippen LogP contribution is 2.28. The number of carbonyl (C=O) groups excluding carboxylic acids is 1. The van der Waals surface area contributed by atoms with Crippen LogP contribution < -0.4 is 5.32 Å². The molecule has 1 heterocycles. The summed E-state index contributed by atoms with van der Waals surface area (Å²) in [5.41, 5.74) is 0.614. The van der Waals surface area contributed by atoms with Crippen LogP contribution in [0, 0.1) is 5.92 Å². The van der Waals surface area contributed by atoms with Gasteiger partial charge in [-0.2, -0.15) is 0 Å². The van der Waals surface area contributed by atoms with Gasteiger partial charge in [-0.15, -0.1) is 0 Å². The number of nitrogens with zero attached hydrogens (tertiary/aromatic N) is 2. The van der Waals surface area contributed by atoms with E-state index < -0.39 is 0 Å². The molecule has 0 atom stereocenters. The lowest BCUT2D eigenvalue weighted by Gasteiger charge is -2.03. The van der Waals surface area contributed by atoms with Crippen LogP contribution in [-0.4, -0.2) is 15.9 Å². The number of hydrogen-bond donors (Lipinski definition) is 1. The fourth-order valence-electron chi connectivity index (χ4n) is 1.13. The molecule has 1 amide bonds. The number of aromatic nitrogens is 2. The Morgan fingerprint density at radius 2 is 2.21 bits per heavy atom. The smallest absolute Gasteiger partial charge is 0.223 e. The standard InChI is InChI=1S/C9H10ClN3O/c10-8-7(11-3-4-12-8)5-13-9(14)6-1-2-6/h3-4,6H,1-2,5H2,(H,13,14). The molecule has 1 aromatic rings. The quantitative estimate of drug-likeness (QED) is 0.816. The van der Waals surface area contributed by atoms with Crippen molar-refractivity contribution in [2.24, 2.45) is 5.92 Å². The number of hydrogen-bond acceptors (Lipinski definition) is 3. The SMILES string of the molecule is O=C(NCc1nccnc1Cl)C1CC1. The normalized spacial score (nSPS) is 15.2. The molecule has 5 heteroatoms. The van der Waals surface area contributed by atoms with Gasteiger partial charge in [-0.1, -0.05) is 11.6 Å². The summed E-state index contributed by atoms with van der Waals surface area (Å²) in [6, 6.07) is 0. The summed E-state index contributed by atoms with van der Waals surface area (Å²) in [5, 5.41) is 3.13. The van der Waals surface area contributed by atoms with E-state index in [2.05, 4.69) is 15.3 Å². The third-order valence-corrected chi connectivity index (χ3v) is 2.42. The molecular weight excluding hydrogens is 202 g/mol. The molecule has 14 heavy (non-hydrogen) atoms. The summed E-state index contributed by atoms with van der Waals surface area (Å²) < 4.78 is 0. The summed E-state index contributed by atoms with van der Waals surface area (Å²) in [6.45, 7) is 0.363. The van der Waals surface area contributed by atoms with Gasteiger partial charge < -0.3 is 5.32 Å². The highest BCUT2D eigenvalue weighted by Gasteiger charge is 2.29. The second-order valence-electron chi connectivity index (χ2n) is 3.29. The van der Waals surface area contributed by atoms with Crippen LogP contribution in [0.3, 0.4) is 0 Å². The zero-order valence-corrected chi connectivity index (χ0v) is 8.29. The molecule has 74 valence electrons. The van der Waals surface area contributed by atoms with E-state index >= 15 is 0 Å². The Bertz CT molecular complexity index is 352. The van der Waals surface area contributed by atoms with Crippen LogP contribution in [0.2, 0.25) is 5.15 Å². The molecule has 4 nitrogen and oxygen atoms in total. The van der Waals surface area contributed by atoms with Crippen molar-refractivity contribution < 1.29 is 4.79 Å². The Morgan fingerprint density at radius 3 is 2.86 bits per heavy atom. The summed E-state index contributed by atoms with van der Waals surface area (Å²) in [4.78, 5) is 19.2. The van der Waals surface area contributed by atoms with Gasteiger partial charge in [0.25, 0.3) is 0 Å². The largest absolute Gasteiger partial charge is 0.350 e. The molecule has 0 bridgehead atoms. The van der Waals surface area contributed by atoms with Crippen LogP contribution in [0.5, 0.6) is 0 Å². The molecule has 0 aromatic carbocycles. The van der Waals surface area contributed by atoms with E-state index in [0.29, 0.717) is 17.4 Å². The summed E-state index contributed by atoms with van der Waals surface area (Å²) in [7, 11) is 0. The van der Waals surface area contributed by atoms with Crippen molar-refractivity contribution in [3.63, 3.8) is 0 Å². The van der Waals surface area contributed by atoms with E-state index in [-0.39, 0.29) is 11.8 Å². The van der Waals surface area contributed by atoms with Crippen LogP contribution in [0.4, 0.5) is 0 Å². The number of carbonyl (C=O) groups is 1. The van der Waals surface area contributed by atoms with E-state index in [0.717, 1.165) is 12.8 Å². The number of amides is 1. The maximum Gasteiger partial charge on any atom is 0.223 e. The molecule has 0 spiro atoms. The minimum Gasteiger partial charge on any atom is -0.350 e. The van der Waals surface area contributed by atoms with Crippen molar-refractivity contribution in [3.8, 4) is 0 Å². The van der Waals surface area contributed by atoms with Crippen LogP contribution in [0.25, 0.3) is 0 Å². The third kappa shape index (κ3) is 2.20. The monoisotopic (exact) mass is 211 g/mol. The number of halogens is 1. The van der Waals surface area contributed by atoms with Crippen molar-refractivity contribution in [1.29, 1.82) is 0 Å². The average molecular weight is 212 g/mol. The van der Waals surface area contributed by atoms with E-state index in [9.17, 15) is 4.79 Å². The van der Waals surface area contributed by atoms with E-state index in [1.165, 1.54) is 6.20 Å². The van der Waals surface area contributed by atoms with Gasteiger partial charge in [-0.3, -0.25) is 9.78 Å². The van der Waals surface area contributed by atoms with Gasteiger partial charge in [-0.25, -0.2) is 4.98 Å². The van der Waals surface area contributed by atoms with Crippen LogP contribution in [0.1, 0.15) is 18.5 Å². The fourth-order valence-corrected chi connectivity index (χ4v) is 1.30. The summed E-state index contributed by atoms with van der Waals surface area (Å²) >= 11 is 5.78. The van der Waals surface area contributed by atoms with Crippen molar-refractivity contribution >= 4 is 17.5 Å². The lowest BCUT2D eigenvalue weighted by molar-refractivity contribution is -0.122. The van der Waals surface area contributed by atoms with Crippen molar-refractivity contribution in [2.45, 2.75) is 19.4 Å². The highest BCUT2D eigenvalue weighted by atomic mass is 35.5. The second-order valence-corrected chi connectivity index (χ2v) is 3.64. The highest BCUT2D eigenvalue weighted by molar-refractivity contribution is 6.29. The molecule has 0 aliphatic heterocycles. The first-order valence-corrected chi connectivity index (χ1v) is 4.88. The zero-order chi connectivity index (χ0) is 9.97. The van der Waals surface area contributed by atoms with Gasteiger partial charge in [0.15, 0.2) is 5.15 Å². The Balaban J connectivity index is 1.91. The Kier molecular flexibility index (Phi) is 2.63. The summed E-state index contributed by atoms with van der Waals surface area (Å²) in [5.74, 6) is 0.303. The first-order valence-electron chi connectivity index (χ1n) is 4.50. The van der Waals surface area contributed by atoms with Gasteiger partial charge in [-0.05, 0) is 12.8 Å². The predicted octanol–water partition coefficient (Wildman–Crippen LogP) is 1.16. The van der Waals surface area contributed by atoms with Gasteiger partial charge in [0.1, 0.15) is 0 Å². The second kappa shape index (κ2) is 3.92. The molecule has 1 N–H and O–H groups in total. The topological polar surface area (TPSA) is 54.9 Å². The molecule has 1 fully saturated rings. The minimum atomic E-state index is 0.0896. The van der Waals surface area contributed by atoms with Gasteiger partial charge in [0.05, 0.1) is 12.2 Å². The van der Waals surface area contributed by atoms with Crippen molar-refractivity contribution in [2.75, 3.05) is 0 Å². The van der Waals surface area contributed by atoms with E-state index in [4.69, 9.17) is 11.6 Å². The lowest BCUT2D eigenvalue weighted by atomic mass is 10.3. The minimum absolute atomic E-state index is 0.0896. The van der Waals surface area contributed by atoms with Crippen molar-refractivity contribution in [1.82, 2.24) is 15.3 Å². The molecule has 0 radical (unpaired) electrons. The lowest BCUT2D eigenvalue weighted by Crippen LogP contribution is -2.24. The van der Waals surface area contributed by atoms with Crippen LogP contribution in [-0.2, 0) is 11.3 Å². The average Bonchev–Trinajstić information content (AvgIpc) is 2.99. The first kappa shape index (κ1) is 9.40. The maximum atomic E-state index is 11.3. The van der Waals surface area contributed by atoms with Crippen LogP contribution in [0.15, 0.2) is 12.4 Å². The van der Waals surface area contributed by atoms with Gasteiger partial charge >= 0.3 is 0 Å². The third-order valence-electron chi connectivity index (χ3n) is 2.10. The Labute approximate surface area is 86.7 Å².